The number of nitrogens with one attached hydrogen (secondary N) is 1. The number of rotatable bonds is 5. The summed E-state index contributed by atoms with van der Waals surface area (Å²) in [5, 5.41) is 3.39. The van der Waals surface area contributed by atoms with Gasteiger partial charge in [-0.25, -0.2) is 4.39 Å². The minimum Gasteiger partial charge on any atom is -0.326 e. The van der Waals surface area contributed by atoms with Gasteiger partial charge >= 0.3 is 0 Å². The Labute approximate surface area is 210 Å². The van der Waals surface area contributed by atoms with Gasteiger partial charge in [0.1, 0.15) is 10.2 Å². The molecule has 0 saturated heterocycles. The number of carbonyl (C=O) groups is 2. The predicted octanol–water partition coefficient (Wildman–Crippen LogP) is 6.94. The van der Waals surface area contributed by atoms with Gasteiger partial charge in [0.2, 0.25) is 5.91 Å². The average Bonchev–Trinajstić information content (AvgIpc) is 3.38. The number of hydrogen-bond acceptors (Lipinski definition) is 2. The van der Waals surface area contributed by atoms with Crippen molar-refractivity contribution in [2.75, 3.05) is 17.3 Å². The molecule has 3 aromatic carbocycles. The summed E-state index contributed by atoms with van der Waals surface area (Å²) in [4.78, 5) is 27.1. The van der Waals surface area contributed by atoms with Gasteiger partial charge < -0.3 is 10.2 Å². The molecule has 2 atom stereocenters. The normalized spacial score (nSPS) is 18.5. The van der Waals surface area contributed by atoms with Gasteiger partial charge in [0.15, 0.2) is 0 Å². The number of alkyl halides is 2. The van der Waals surface area contributed by atoms with E-state index in [9.17, 15) is 14.0 Å². The standard InChI is InChI=1S/C24H17Cl4FN2O2/c1-31(15-5-3-2-4-6-15)23(33)16-12-14(8-10-19(16)29)30-22(32)21-20(24(21,27)28)13-7-9-17(25)18(26)11-13/h2-12,20-21H,1H3,(H,30,32)/t20-,21+/m0/s1. The van der Waals surface area contributed by atoms with Crippen LogP contribution in [0.1, 0.15) is 21.8 Å². The fourth-order valence-corrected chi connectivity index (χ4v) is 4.84. The van der Waals surface area contributed by atoms with Crippen molar-refractivity contribution in [1.82, 2.24) is 0 Å². The number of para-hydroxylation sites is 1. The van der Waals surface area contributed by atoms with E-state index in [1.807, 2.05) is 6.07 Å². The maximum Gasteiger partial charge on any atom is 0.261 e. The molecule has 0 radical (unpaired) electrons. The molecule has 1 saturated carbocycles. The average molecular weight is 526 g/mol. The molecule has 0 spiro atoms. The van der Waals surface area contributed by atoms with E-state index < -0.39 is 33.8 Å². The summed E-state index contributed by atoms with van der Waals surface area (Å²) in [6, 6.07) is 17.5. The van der Waals surface area contributed by atoms with Crippen molar-refractivity contribution in [2.24, 2.45) is 5.92 Å². The third-order valence-electron chi connectivity index (χ3n) is 5.55. The van der Waals surface area contributed by atoms with Gasteiger partial charge in [-0.15, -0.1) is 23.2 Å². The lowest BCUT2D eigenvalue weighted by Gasteiger charge is -2.18. The third kappa shape index (κ3) is 4.69. The largest absolute Gasteiger partial charge is 0.326 e. The van der Waals surface area contributed by atoms with Gasteiger partial charge in [0, 0.05) is 24.3 Å². The second-order valence-electron chi connectivity index (χ2n) is 7.69. The number of carbonyl (C=O) groups excluding carboxylic acids is 2. The maximum absolute atomic E-state index is 14.5. The van der Waals surface area contributed by atoms with Gasteiger partial charge in [-0.3, -0.25) is 9.59 Å². The molecular weight excluding hydrogens is 509 g/mol. The number of anilines is 2. The summed E-state index contributed by atoms with van der Waals surface area (Å²) >= 11 is 24.8. The molecule has 1 fully saturated rings. The Balaban J connectivity index is 1.53. The first-order chi connectivity index (χ1) is 15.6. The summed E-state index contributed by atoms with van der Waals surface area (Å²) < 4.78 is 13.1. The van der Waals surface area contributed by atoms with Crippen LogP contribution in [0.2, 0.25) is 10.0 Å². The molecule has 4 nitrogen and oxygen atoms in total. The van der Waals surface area contributed by atoms with Crippen molar-refractivity contribution in [2.45, 2.75) is 10.3 Å². The lowest BCUT2D eigenvalue weighted by Crippen LogP contribution is -2.27. The van der Waals surface area contributed by atoms with Gasteiger partial charge in [-0.05, 0) is 48.0 Å². The van der Waals surface area contributed by atoms with Crippen LogP contribution in [0.3, 0.4) is 0 Å². The van der Waals surface area contributed by atoms with Crippen LogP contribution >= 0.6 is 46.4 Å². The van der Waals surface area contributed by atoms with Crippen molar-refractivity contribution in [1.29, 1.82) is 0 Å². The van der Waals surface area contributed by atoms with E-state index in [-0.39, 0.29) is 11.3 Å². The third-order valence-corrected chi connectivity index (χ3v) is 7.23. The van der Waals surface area contributed by atoms with Crippen LogP contribution in [-0.4, -0.2) is 23.2 Å². The molecule has 0 heterocycles. The lowest BCUT2D eigenvalue weighted by atomic mass is 10.1. The predicted molar refractivity (Wildman–Crippen MR) is 131 cm³/mol. The summed E-state index contributed by atoms with van der Waals surface area (Å²) in [5.74, 6) is -2.99. The minimum atomic E-state index is -1.34. The summed E-state index contributed by atoms with van der Waals surface area (Å²) in [7, 11) is 1.55. The molecule has 9 heteroatoms. The van der Waals surface area contributed by atoms with Gasteiger partial charge in [-0.1, -0.05) is 47.5 Å². The Hall–Kier alpha value is -2.31. The monoisotopic (exact) mass is 524 g/mol. The first-order valence-corrected chi connectivity index (χ1v) is 11.4. The fourth-order valence-electron chi connectivity index (χ4n) is 3.71. The highest BCUT2D eigenvalue weighted by Gasteiger charge is 2.67. The molecule has 1 aliphatic rings. The highest BCUT2D eigenvalue weighted by Crippen LogP contribution is 2.65. The topological polar surface area (TPSA) is 49.4 Å². The van der Waals surface area contributed by atoms with Crippen molar-refractivity contribution in [3.8, 4) is 0 Å². The molecule has 2 amide bonds. The Morgan fingerprint density at radius 2 is 1.67 bits per heavy atom. The number of nitrogens with zero attached hydrogens (tertiary/aromatic N) is 1. The molecule has 0 aromatic heterocycles. The van der Waals surface area contributed by atoms with E-state index >= 15 is 0 Å². The zero-order valence-corrected chi connectivity index (χ0v) is 20.2. The number of benzene rings is 3. The Bertz CT molecular complexity index is 1240. The number of halogens is 5. The summed E-state index contributed by atoms with van der Waals surface area (Å²) in [5.41, 5.74) is 1.34. The molecule has 0 bridgehead atoms. The molecule has 0 aliphatic heterocycles. The highest BCUT2D eigenvalue weighted by atomic mass is 35.5. The van der Waals surface area contributed by atoms with Gasteiger partial charge in [0.25, 0.3) is 5.91 Å². The van der Waals surface area contributed by atoms with Crippen LogP contribution < -0.4 is 10.2 Å². The Kier molecular flexibility index (Phi) is 6.61. The zero-order valence-electron chi connectivity index (χ0n) is 17.2. The smallest absolute Gasteiger partial charge is 0.261 e. The van der Waals surface area contributed by atoms with Crippen LogP contribution in [0.5, 0.6) is 0 Å². The summed E-state index contributed by atoms with van der Waals surface area (Å²) in [6.07, 6.45) is 0. The maximum atomic E-state index is 14.5. The van der Waals surface area contributed by atoms with Crippen LogP contribution in [0.15, 0.2) is 66.7 Å². The van der Waals surface area contributed by atoms with Crippen LogP contribution in [-0.2, 0) is 4.79 Å². The van der Waals surface area contributed by atoms with E-state index in [0.717, 1.165) is 6.07 Å². The van der Waals surface area contributed by atoms with Gasteiger partial charge in [0.05, 0.1) is 21.5 Å². The fraction of sp³-hybridized carbons (Fsp3) is 0.167. The van der Waals surface area contributed by atoms with Crippen molar-refractivity contribution >= 4 is 69.6 Å². The summed E-state index contributed by atoms with van der Waals surface area (Å²) in [6.45, 7) is 0. The van der Waals surface area contributed by atoms with Crippen LogP contribution in [0.25, 0.3) is 0 Å². The second kappa shape index (κ2) is 9.15. The molecule has 4 rings (SSSR count). The molecule has 170 valence electrons. The number of hydrogen-bond donors (Lipinski definition) is 1. The van der Waals surface area contributed by atoms with E-state index in [2.05, 4.69) is 5.32 Å². The quantitative estimate of drug-likeness (QED) is 0.367. The van der Waals surface area contributed by atoms with E-state index in [0.29, 0.717) is 21.3 Å². The highest BCUT2D eigenvalue weighted by molar-refractivity contribution is 6.53. The van der Waals surface area contributed by atoms with Crippen LogP contribution in [0, 0.1) is 11.7 Å². The Morgan fingerprint density at radius 1 is 0.970 bits per heavy atom. The molecule has 3 aromatic rings. The Morgan fingerprint density at radius 3 is 2.33 bits per heavy atom. The van der Waals surface area contributed by atoms with Crippen LogP contribution in [0.4, 0.5) is 15.8 Å². The van der Waals surface area contributed by atoms with Gasteiger partial charge in [-0.2, -0.15) is 0 Å². The lowest BCUT2D eigenvalue weighted by molar-refractivity contribution is -0.117. The minimum absolute atomic E-state index is 0.181. The SMILES string of the molecule is CN(C(=O)c1cc(NC(=O)[C@H]2[C@H](c3ccc(Cl)c(Cl)c3)C2(Cl)Cl)ccc1F)c1ccccc1. The first-order valence-electron chi connectivity index (χ1n) is 9.87. The van der Waals surface area contributed by atoms with Crippen molar-refractivity contribution in [3.63, 3.8) is 0 Å². The van der Waals surface area contributed by atoms with E-state index in [1.54, 1.807) is 49.5 Å². The van der Waals surface area contributed by atoms with E-state index in [1.165, 1.54) is 17.0 Å². The molecule has 33 heavy (non-hydrogen) atoms. The molecular formula is C24H17Cl4FN2O2. The molecule has 0 unspecified atom stereocenters. The van der Waals surface area contributed by atoms with Crippen molar-refractivity contribution < 1.29 is 14.0 Å². The van der Waals surface area contributed by atoms with Crippen molar-refractivity contribution in [3.05, 3.63) is 93.7 Å². The number of amides is 2. The molecule has 1 aliphatic carbocycles. The first kappa shape index (κ1) is 23.8. The van der Waals surface area contributed by atoms with E-state index in [4.69, 9.17) is 46.4 Å². The zero-order chi connectivity index (χ0) is 23.9. The molecule has 1 N–H and O–H groups in total. The second-order valence-corrected chi connectivity index (χ2v) is 9.95.